The number of ether oxygens (including phenoxy) is 1. The normalized spacial score (nSPS) is 14.4. The highest BCUT2D eigenvalue weighted by Crippen LogP contribution is 2.22. The lowest BCUT2D eigenvalue weighted by atomic mass is 10.1. The van der Waals surface area contributed by atoms with Crippen LogP contribution in [0.25, 0.3) is 0 Å². The van der Waals surface area contributed by atoms with Crippen LogP contribution in [0.5, 0.6) is 5.75 Å². The molecule has 5 nitrogen and oxygen atoms in total. The third kappa shape index (κ3) is 5.38. The van der Waals surface area contributed by atoms with E-state index in [1.807, 2.05) is 32.0 Å². The van der Waals surface area contributed by atoms with Crippen LogP contribution in [-0.2, 0) is 4.79 Å². The van der Waals surface area contributed by atoms with E-state index in [-0.39, 0.29) is 17.4 Å². The van der Waals surface area contributed by atoms with Crippen molar-refractivity contribution in [3.63, 3.8) is 0 Å². The predicted octanol–water partition coefficient (Wildman–Crippen LogP) is 3.98. The SMILES string of the molecule is Cc1cccc(C)c1OCCCC(=O)N1CCCN(C(=O)c2ccccc2F)CC1. The minimum absolute atomic E-state index is 0.0697. The summed E-state index contributed by atoms with van der Waals surface area (Å²) in [5.74, 6) is 0.135. The first-order valence-corrected chi connectivity index (χ1v) is 10.5. The van der Waals surface area contributed by atoms with Gasteiger partial charge in [0.05, 0.1) is 12.2 Å². The molecule has 0 bridgehead atoms. The molecule has 2 aromatic rings. The van der Waals surface area contributed by atoms with Crippen molar-refractivity contribution in [3.05, 3.63) is 65.0 Å². The Morgan fingerprint density at radius 3 is 2.33 bits per heavy atom. The molecular weight excluding hydrogens is 383 g/mol. The molecule has 0 aromatic heterocycles. The zero-order valence-electron chi connectivity index (χ0n) is 17.7. The first-order valence-electron chi connectivity index (χ1n) is 10.5. The van der Waals surface area contributed by atoms with E-state index in [9.17, 15) is 14.0 Å². The number of aryl methyl sites for hydroxylation is 2. The molecule has 2 aromatic carbocycles. The molecule has 1 aliphatic heterocycles. The van der Waals surface area contributed by atoms with Gasteiger partial charge >= 0.3 is 0 Å². The molecule has 0 saturated carbocycles. The molecule has 0 N–H and O–H groups in total. The highest BCUT2D eigenvalue weighted by atomic mass is 19.1. The number of halogens is 1. The molecule has 0 atom stereocenters. The van der Waals surface area contributed by atoms with Crippen LogP contribution in [0.2, 0.25) is 0 Å². The lowest BCUT2D eigenvalue weighted by Crippen LogP contribution is -2.37. The van der Waals surface area contributed by atoms with Gasteiger partial charge in [0.2, 0.25) is 5.91 Å². The molecule has 30 heavy (non-hydrogen) atoms. The lowest BCUT2D eigenvalue weighted by Gasteiger charge is -2.22. The molecular formula is C24H29FN2O3. The number of nitrogens with zero attached hydrogens (tertiary/aromatic N) is 2. The molecule has 1 heterocycles. The lowest BCUT2D eigenvalue weighted by molar-refractivity contribution is -0.131. The van der Waals surface area contributed by atoms with Crippen molar-refractivity contribution in [3.8, 4) is 5.75 Å². The summed E-state index contributed by atoms with van der Waals surface area (Å²) in [5, 5.41) is 0. The maximum Gasteiger partial charge on any atom is 0.256 e. The van der Waals surface area contributed by atoms with Crippen LogP contribution in [-0.4, -0.2) is 54.4 Å². The Labute approximate surface area is 177 Å². The Morgan fingerprint density at radius 2 is 1.60 bits per heavy atom. The van der Waals surface area contributed by atoms with Crippen LogP contribution in [0.1, 0.15) is 40.7 Å². The highest BCUT2D eigenvalue weighted by molar-refractivity contribution is 5.94. The first-order chi connectivity index (χ1) is 14.5. The first kappa shape index (κ1) is 21.8. The van der Waals surface area contributed by atoms with Crippen molar-refractivity contribution in [1.82, 2.24) is 9.80 Å². The van der Waals surface area contributed by atoms with Crippen LogP contribution in [0.4, 0.5) is 4.39 Å². The summed E-state index contributed by atoms with van der Waals surface area (Å²) in [5.41, 5.74) is 2.27. The van der Waals surface area contributed by atoms with Crippen LogP contribution in [0.15, 0.2) is 42.5 Å². The quantitative estimate of drug-likeness (QED) is 0.675. The van der Waals surface area contributed by atoms with Gasteiger partial charge in [-0.2, -0.15) is 0 Å². The number of carbonyl (C=O) groups is 2. The summed E-state index contributed by atoms with van der Waals surface area (Å²) >= 11 is 0. The fourth-order valence-electron chi connectivity index (χ4n) is 3.76. The Balaban J connectivity index is 1.46. The Bertz CT molecular complexity index is 880. The molecule has 2 amide bonds. The van der Waals surface area contributed by atoms with Crippen molar-refractivity contribution in [2.24, 2.45) is 0 Å². The van der Waals surface area contributed by atoms with Gasteiger partial charge < -0.3 is 14.5 Å². The van der Waals surface area contributed by atoms with Gasteiger partial charge in [-0.15, -0.1) is 0 Å². The molecule has 1 aliphatic rings. The zero-order valence-corrected chi connectivity index (χ0v) is 17.7. The topological polar surface area (TPSA) is 49.9 Å². The van der Waals surface area contributed by atoms with Crippen molar-refractivity contribution in [2.45, 2.75) is 33.1 Å². The van der Waals surface area contributed by atoms with E-state index in [0.29, 0.717) is 52.0 Å². The number of amides is 2. The van der Waals surface area contributed by atoms with Crippen LogP contribution in [0, 0.1) is 19.7 Å². The van der Waals surface area contributed by atoms with E-state index >= 15 is 0 Å². The molecule has 3 rings (SSSR count). The fraction of sp³-hybridized carbons (Fsp3) is 0.417. The van der Waals surface area contributed by atoms with E-state index in [4.69, 9.17) is 4.74 Å². The van der Waals surface area contributed by atoms with E-state index in [1.54, 1.807) is 21.9 Å². The van der Waals surface area contributed by atoms with Crippen LogP contribution >= 0.6 is 0 Å². The smallest absolute Gasteiger partial charge is 0.256 e. The number of carbonyl (C=O) groups excluding carboxylic acids is 2. The summed E-state index contributed by atoms with van der Waals surface area (Å²) in [6.45, 7) is 6.53. The molecule has 0 radical (unpaired) electrons. The minimum atomic E-state index is -0.511. The van der Waals surface area contributed by atoms with E-state index in [0.717, 1.165) is 16.9 Å². The number of benzene rings is 2. The number of hydrogen-bond donors (Lipinski definition) is 0. The molecule has 0 spiro atoms. The van der Waals surface area contributed by atoms with Crippen LogP contribution < -0.4 is 4.74 Å². The van der Waals surface area contributed by atoms with Gasteiger partial charge in [0.15, 0.2) is 0 Å². The average molecular weight is 413 g/mol. The van der Waals surface area contributed by atoms with Gasteiger partial charge in [0.25, 0.3) is 5.91 Å². The molecule has 0 unspecified atom stereocenters. The van der Waals surface area contributed by atoms with Gasteiger partial charge in [-0.05, 0) is 49.9 Å². The maximum absolute atomic E-state index is 13.9. The Morgan fingerprint density at radius 1 is 0.933 bits per heavy atom. The van der Waals surface area contributed by atoms with E-state index in [2.05, 4.69) is 0 Å². The van der Waals surface area contributed by atoms with E-state index < -0.39 is 5.82 Å². The van der Waals surface area contributed by atoms with Crippen molar-refractivity contribution >= 4 is 11.8 Å². The van der Waals surface area contributed by atoms with Gasteiger partial charge in [-0.1, -0.05) is 30.3 Å². The Kier molecular flexibility index (Phi) is 7.44. The summed E-state index contributed by atoms with van der Waals surface area (Å²) in [7, 11) is 0. The van der Waals surface area contributed by atoms with Crippen molar-refractivity contribution in [1.29, 1.82) is 0 Å². The molecule has 0 aliphatic carbocycles. The highest BCUT2D eigenvalue weighted by Gasteiger charge is 2.24. The molecule has 160 valence electrons. The summed E-state index contributed by atoms with van der Waals surface area (Å²) in [4.78, 5) is 28.7. The molecule has 1 fully saturated rings. The maximum atomic E-state index is 13.9. The van der Waals surface area contributed by atoms with E-state index in [1.165, 1.54) is 12.1 Å². The largest absolute Gasteiger partial charge is 0.493 e. The second-order valence-electron chi connectivity index (χ2n) is 7.68. The summed E-state index contributed by atoms with van der Waals surface area (Å²) in [6, 6.07) is 12.0. The number of para-hydroxylation sites is 1. The third-order valence-electron chi connectivity index (χ3n) is 5.43. The van der Waals surface area contributed by atoms with Crippen molar-refractivity contribution < 1.29 is 18.7 Å². The second-order valence-corrected chi connectivity index (χ2v) is 7.68. The summed E-state index contributed by atoms with van der Waals surface area (Å²) in [6.07, 6.45) is 1.73. The van der Waals surface area contributed by atoms with Gasteiger partial charge in [0, 0.05) is 32.6 Å². The number of hydrogen-bond acceptors (Lipinski definition) is 3. The standard InChI is InChI=1S/C24H29FN2O3/c1-18-8-5-9-19(2)23(18)30-17-6-12-22(28)26-13-7-14-27(16-15-26)24(29)20-10-3-4-11-21(20)25/h3-5,8-11H,6-7,12-17H2,1-2H3. The van der Waals surface area contributed by atoms with Crippen molar-refractivity contribution in [2.75, 3.05) is 32.8 Å². The average Bonchev–Trinajstić information content (AvgIpc) is 2.99. The Hall–Kier alpha value is -2.89. The fourth-order valence-corrected chi connectivity index (χ4v) is 3.76. The summed E-state index contributed by atoms with van der Waals surface area (Å²) < 4.78 is 19.8. The minimum Gasteiger partial charge on any atom is -0.493 e. The van der Waals surface area contributed by atoms with Crippen LogP contribution in [0.3, 0.4) is 0 Å². The monoisotopic (exact) mass is 412 g/mol. The molecule has 6 heteroatoms. The zero-order chi connectivity index (χ0) is 21.5. The van der Waals surface area contributed by atoms with Gasteiger partial charge in [-0.25, -0.2) is 4.39 Å². The predicted molar refractivity (Wildman–Crippen MR) is 114 cm³/mol. The third-order valence-corrected chi connectivity index (χ3v) is 5.43. The number of rotatable bonds is 6. The van der Waals surface area contributed by atoms with Gasteiger partial charge in [-0.3, -0.25) is 9.59 Å². The molecule has 1 saturated heterocycles. The van der Waals surface area contributed by atoms with Gasteiger partial charge in [0.1, 0.15) is 11.6 Å². The second kappa shape index (κ2) is 10.2.